The SMILES string of the molecule is O=C1CCCn2c1c(-c1ccccc1)c1ccccc12. The number of ketones is 1. The first kappa shape index (κ1) is 11.5. The standard InChI is InChI=1S/C18H15NO/c20-16-11-6-12-19-15-10-5-4-9-14(15)17(18(16)19)13-7-2-1-3-8-13/h1-5,7-10H,6,11-12H2. The highest BCUT2D eigenvalue weighted by Gasteiger charge is 2.25. The summed E-state index contributed by atoms with van der Waals surface area (Å²) in [5, 5.41) is 1.18. The fraction of sp³-hybridized carbons (Fsp3) is 0.167. The molecule has 0 radical (unpaired) electrons. The Bertz CT molecular complexity index is 799. The van der Waals surface area contributed by atoms with Crippen LogP contribution in [0.5, 0.6) is 0 Å². The molecule has 98 valence electrons. The van der Waals surface area contributed by atoms with E-state index in [2.05, 4.69) is 28.8 Å². The molecule has 0 bridgehead atoms. The minimum atomic E-state index is 0.270. The highest BCUT2D eigenvalue weighted by Crippen LogP contribution is 2.37. The van der Waals surface area contributed by atoms with E-state index in [4.69, 9.17) is 0 Å². The van der Waals surface area contributed by atoms with Crippen LogP contribution in [0.2, 0.25) is 0 Å². The zero-order valence-electron chi connectivity index (χ0n) is 11.2. The largest absolute Gasteiger partial charge is 0.338 e. The van der Waals surface area contributed by atoms with Gasteiger partial charge in [0.15, 0.2) is 5.78 Å². The Balaban J connectivity index is 2.14. The van der Waals surface area contributed by atoms with E-state index >= 15 is 0 Å². The zero-order chi connectivity index (χ0) is 13.5. The second-order valence-corrected chi connectivity index (χ2v) is 5.29. The van der Waals surface area contributed by atoms with Crippen molar-refractivity contribution in [1.29, 1.82) is 0 Å². The molecule has 0 atom stereocenters. The van der Waals surface area contributed by atoms with E-state index in [1.54, 1.807) is 0 Å². The second kappa shape index (κ2) is 4.34. The Hall–Kier alpha value is -2.35. The van der Waals surface area contributed by atoms with Gasteiger partial charge in [0.25, 0.3) is 0 Å². The van der Waals surface area contributed by atoms with E-state index in [-0.39, 0.29) is 5.78 Å². The molecule has 0 unspecified atom stereocenters. The summed E-state index contributed by atoms with van der Waals surface area (Å²) in [7, 11) is 0. The Morgan fingerprint density at radius 3 is 2.50 bits per heavy atom. The summed E-state index contributed by atoms with van der Waals surface area (Å²) in [5.41, 5.74) is 4.30. The summed E-state index contributed by atoms with van der Waals surface area (Å²) in [6.45, 7) is 0.939. The van der Waals surface area contributed by atoms with Gasteiger partial charge in [-0.25, -0.2) is 0 Å². The number of rotatable bonds is 1. The van der Waals surface area contributed by atoms with Crippen LogP contribution in [-0.2, 0) is 6.54 Å². The maximum atomic E-state index is 12.4. The van der Waals surface area contributed by atoms with Crippen molar-refractivity contribution in [3.8, 4) is 11.1 Å². The molecule has 0 amide bonds. The molecule has 1 aliphatic heterocycles. The third-order valence-electron chi connectivity index (χ3n) is 4.08. The number of para-hydroxylation sites is 1. The third-order valence-corrected chi connectivity index (χ3v) is 4.08. The number of hydrogen-bond acceptors (Lipinski definition) is 1. The number of fused-ring (bicyclic) bond motifs is 3. The molecule has 1 aliphatic rings. The van der Waals surface area contributed by atoms with Crippen molar-refractivity contribution in [2.45, 2.75) is 19.4 Å². The van der Waals surface area contributed by atoms with Crippen LogP contribution in [0.1, 0.15) is 23.3 Å². The average molecular weight is 261 g/mol. The lowest BCUT2D eigenvalue weighted by Crippen LogP contribution is -2.16. The summed E-state index contributed by atoms with van der Waals surface area (Å²) in [5.74, 6) is 0.270. The van der Waals surface area contributed by atoms with Crippen molar-refractivity contribution in [2.75, 3.05) is 0 Å². The van der Waals surface area contributed by atoms with Crippen LogP contribution in [0.15, 0.2) is 54.6 Å². The predicted octanol–water partition coefficient (Wildman–Crippen LogP) is 4.28. The lowest BCUT2D eigenvalue weighted by molar-refractivity contribution is 0.0957. The van der Waals surface area contributed by atoms with Gasteiger partial charge in [0.1, 0.15) is 0 Å². The number of carbonyl (C=O) groups excluding carboxylic acids is 1. The van der Waals surface area contributed by atoms with Crippen LogP contribution in [-0.4, -0.2) is 10.4 Å². The van der Waals surface area contributed by atoms with Gasteiger partial charge in [0.2, 0.25) is 0 Å². The summed E-state index contributed by atoms with van der Waals surface area (Å²) in [6.07, 6.45) is 1.61. The molecule has 0 saturated carbocycles. The molecule has 3 aromatic rings. The maximum Gasteiger partial charge on any atom is 0.179 e. The average Bonchev–Trinajstić information content (AvgIpc) is 2.84. The molecular weight excluding hydrogens is 246 g/mol. The number of benzene rings is 2. The monoisotopic (exact) mass is 261 g/mol. The number of nitrogens with zero attached hydrogens (tertiary/aromatic N) is 1. The molecule has 0 saturated heterocycles. The van der Waals surface area contributed by atoms with E-state index in [0.29, 0.717) is 6.42 Å². The van der Waals surface area contributed by atoms with Gasteiger partial charge >= 0.3 is 0 Å². The number of Topliss-reactive ketones (excluding diaryl/α,β-unsaturated/α-hetero) is 1. The van der Waals surface area contributed by atoms with Crippen LogP contribution in [0, 0.1) is 0 Å². The van der Waals surface area contributed by atoms with Crippen molar-refractivity contribution < 1.29 is 4.79 Å². The molecule has 1 aromatic heterocycles. The van der Waals surface area contributed by atoms with E-state index in [1.165, 1.54) is 10.9 Å². The molecule has 0 fully saturated rings. The Kier molecular flexibility index (Phi) is 2.49. The number of aryl methyl sites for hydroxylation is 1. The van der Waals surface area contributed by atoms with Gasteiger partial charge in [-0.3, -0.25) is 4.79 Å². The Labute approximate surface area is 117 Å². The fourth-order valence-corrected chi connectivity index (χ4v) is 3.24. The molecule has 2 heterocycles. The van der Waals surface area contributed by atoms with Gasteiger partial charge in [-0.2, -0.15) is 0 Å². The van der Waals surface area contributed by atoms with Crippen molar-refractivity contribution in [1.82, 2.24) is 4.57 Å². The summed E-state index contributed by atoms with van der Waals surface area (Å²) in [6, 6.07) is 18.6. The van der Waals surface area contributed by atoms with Gasteiger partial charge < -0.3 is 4.57 Å². The van der Waals surface area contributed by atoms with Crippen LogP contribution >= 0.6 is 0 Å². The number of hydrogen-bond donors (Lipinski definition) is 0. The van der Waals surface area contributed by atoms with Crippen LogP contribution in [0.25, 0.3) is 22.0 Å². The van der Waals surface area contributed by atoms with Gasteiger partial charge in [0.05, 0.1) is 5.69 Å². The normalized spacial score (nSPS) is 14.5. The topological polar surface area (TPSA) is 22.0 Å². The van der Waals surface area contributed by atoms with E-state index in [0.717, 1.165) is 29.8 Å². The minimum Gasteiger partial charge on any atom is -0.338 e. The molecule has 20 heavy (non-hydrogen) atoms. The van der Waals surface area contributed by atoms with Crippen molar-refractivity contribution >= 4 is 16.7 Å². The minimum absolute atomic E-state index is 0.270. The molecule has 4 rings (SSSR count). The van der Waals surface area contributed by atoms with Crippen LogP contribution in [0.4, 0.5) is 0 Å². The quantitative estimate of drug-likeness (QED) is 0.640. The van der Waals surface area contributed by atoms with Gasteiger partial charge in [0, 0.05) is 29.4 Å². The van der Waals surface area contributed by atoms with Crippen molar-refractivity contribution in [3.05, 3.63) is 60.3 Å². The molecule has 2 nitrogen and oxygen atoms in total. The number of carbonyl (C=O) groups is 1. The Morgan fingerprint density at radius 1 is 0.900 bits per heavy atom. The molecule has 2 aromatic carbocycles. The third kappa shape index (κ3) is 1.54. The molecule has 0 N–H and O–H groups in total. The van der Waals surface area contributed by atoms with Gasteiger partial charge in [-0.15, -0.1) is 0 Å². The Morgan fingerprint density at radius 2 is 1.65 bits per heavy atom. The predicted molar refractivity (Wildman–Crippen MR) is 80.9 cm³/mol. The van der Waals surface area contributed by atoms with Crippen LogP contribution < -0.4 is 0 Å². The molecular formula is C18H15NO. The smallest absolute Gasteiger partial charge is 0.179 e. The first-order valence-corrected chi connectivity index (χ1v) is 7.06. The lowest BCUT2D eigenvalue weighted by atomic mass is 9.98. The van der Waals surface area contributed by atoms with Crippen molar-refractivity contribution in [3.63, 3.8) is 0 Å². The van der Waals surface area contributed by atoms with Gasteiger partial charge in [-0.1, -0.05) is 48.5 Å². The summed E-state index contributed by atoms with van der Waals surface area (Å²) in [4.78, 5) is 12.4. The molecule has 2 heteroatoms. The van der Waals surface area contributed by atoms with E-state index in [1.807, 2.05) is 30.3 Å². The molecule has 0 spiro atoms. The van der Waals surface area contributed by atoms with Crippen molar-refractivity contribution in [2.24, 2.45) is 0 Å². The highest BCUT2D eigenvalue weighted by atomic mass is 16.1. The maximum absolute atomic E-state index is 12.4. The second-order valence-electron chi connectivity index (χ2n) is 5.29. The van der Waals surface area contributed by atoms with Crippen LogP contribution in [0.3, 0.4) is 0 Å². The highest BCUT2D eigenvalue weighted by molar-refractivity contribution is 6.11. The van der Waals surface area contributed by atoms with Gasteiger partial charge in [-0.05, 0) is 18.1 Å². The summed E-state index contributed by atoms with van der Waals surface area (Å²) < 4.78 is 2.20. The summed E-state index contributed by atoms with van der Waals surface area (Å²) >= 11 is 0. The first-order valence-electron chi connectivity index (χ1n) is 7.06. The first-order chi connectivity index (χ1) is 9.86. The van der Waals surface area contributed by atoms with E-state index in [9.17, 15) is 4.79 Å². The fourth-order valence-electron chi connectivity index (χ4n) is 3.24. The zero-order valence-corrected chi connectivity index (χ0v) is 11.2. The molecule has 0 aliphatic carbocycles. The number of aromatic nitrogens is 1. The van der Waals surface area contributed by atoms with E-state index < -0.39 is 0 Å². The lowest BCUT2D eigenvalue weighted by Gasteiger charge is -2.16.